The minimum absolute atomic E-state index is 0.0395. The first-order valence-corrected chi connectivity index (χ1v) is 5.82. The summed E-state index contributed by atoms with van der Waals surface area (Å²) in [6.45, 7) is 2.21. The third kappa shape index (κ3) is 1.18. The highest BCUT2D eigenvalue weighted by Crippen LogP contribution is 2.55. The van der Waals surface area contributed by atoms with Crippen LogP contribution in [-0.2, 0) is 14.3 Å². The summed E-state index contributed by atoms with van der Waals surface area (Å²) in [6.07, 6.45) is 4.22. The summed E-state index contributed by atoms with van der Waals surface area (Å²) < 4.78 is 5.28. The molecule has 3 aliphatic rings. The van der Waals surface area contributed by atoms with E-state index >= 15 is 0 Å². The van der Waals surface area contributed by atoms with Gasteiger partial charge in [-0.1, -0.05) is 6.92 Å². The Morgan fingerprint density at radius 1 is 1.33 bits per heavy atom. The smallest absolute Gasteiger partial charge is 0.306 e. The number of esters is 1. The van der Waals surface area contributed by atoms with Gasteiger partial charge in [-0.3, -0.25) is 9.59 Å². The van der Waals surface area contributed by atoms with E-state index in [-0.39, 0.29) is 29.3 Å². The molecule has 3 heteroatoms. The van der Waals surface area contributed by atoms with E-state index in [0.717, 1.165) is 19.3 Å². The van der Waals surface area contributed by atoms with Gasteiger partial charge in [0.25, 0.3) is 0 Å². The van der Waals surface area contributed by atoms with Crippen LogP contribution in [0.15, 0.2) is 0 Å². The molecule has 0 N–H and O–H groups in total. The number of ether oxygens (including phenoxy) is 1. The van der Waals surface area contributed by atoms with Gasteiger partial charge in [0.2, 0.25) is 0 Å². The predicted molar refractivity (Wildman–Crippen MR) is 53.1 cm³/mol. The zero-order chi connectivity index (χ0) is 10.6. The van der Waals surface area contributed by atoms with E-state index < -0.39 is 0 Å². The maximum absolute atomic E-state index is 11.9. The molecule has 4 atom stereocenters. The number of rotatable bonds is 0. The first-order valence-electron chi connectivity index (χ1n) is 5.82. The summed E-state index contributed by atoms with van der Waals surface area (Å²) in [5, 5.41) is 0. The lowest BCUT2D eigenvalue weighted by molar-refractivity contribution is -0.143. The normalized spacial score (nSPS) is 48.7. The molecule has 0 radical (unpaired) electrons. The standard InChI is InChI=1S/C12H16O3/c1-12-4-2-8(13)11(12)7-6-10(14)15-9(7)3-5-12/h7,9,11H,2-6H2,1H3/t7-,9-,11-,12-/m0/s1. The van der Waals surface area contributed by atoms with Crippen LogP contribution in [0.4, 0.5) is 0 Å². The Kier molecular flexibility index (Phi) is 1.77. The Morgan fingerprint density at radius 3 is 2.93 bits per heavy atom. The van der Waals surface area contributed by atoms with E-state index in [0.29, 0.717) is 18.6 Å². The predicted octanol–water partition coefficient (Wildman–Crippen LogP) is 1.70. The molecule has 2 aliphatic carbocycles. The second-order valence-electron chi connectivity index (χ2n) is 5.53. The minimum atomic E-state index is -0.103. The maximum Gasteiger partial charge on any atom is 0.306 e. The number of hydrogen-bond acceptors (Lipinski definition) is 3. The van der Waals surface area contributed by atoms with Crippen LogP contribution in [0.5, 0.6) is 0 Å². The van der Waals surface area contributed by atoms with Crippen LogP contribution in [-0.4, -0.2) is 17.9 Å². The molecular formula is C12H16O3. The Morgan fingerprint density at radius 2 is 2.13 bits per heavy atom. The van der Waals surface area contributed by atoms with Gasteiger partial charge in [0.15, 0.2) is 0 Å². The third-order valence-corrected chi connectivity index (χ3v) is 4.63. The van der Waals surface area contributed by atoms with E-state index in [4.69, 9.17) is 4.74 Å². The molecule has 2 saturated carbocycles. The molecule has 3 rings (SSSR count). The van der Waals surface area contributed by atoms with Crippen molar-refractivity contribution in [3.63, 3.8) is 0 Å². The summed E-state index contributed by atoms with van der Waals surface area (Å²) >= 11 is 0. The lowest BCUT2D eigenvalue weighted by Crippen LogP contribution is -2.41. The summed E-state index contributed by atoms with van der Waals surface area (Å²) in [4.78, 5) is 23.2. The number of hydrogen-bond donors (Lipinski definition) is 0. The summed E-state index contributed by atoms with van der Waals surface area (Å²) in [5.74, 6) is 0.549. The molecule has 3 fully saturated rings. The van der Waals surface area contributed by atoms with E-state index in [9.17, 15) is 9.59 Å². The highest BCUT2D eigenvalue weighted by molar-refractivity contribution is 5.86. The topological polar surface area (TPSA) is 43.4 Å². The van der Waals surface area contributed by atoms with Crippen molar-refractivity contribution in [2.24, 2.45) is 17.3 Å². The van der Waals surface area contributed by atoms with Gasteiger partial charge < -0.3 is 4.74 Å². The lowest BCUT2D eigenvalue weighted by Gasteiger charge is -2.41. The van der Waals surface area contributed by atoms with Crippen LogP contribution in [0.25, 0.3) is 0 Å². The molecule has 0 aromatic rings. The van der Waals surface area contributed by atoms with Gasteiger partial charge in [0, 0.05) is 18.3 Å². The van der Waals surface area contributed by atoms with Gasteiger partial charge in [-0.05, 0) is 24.7 Å². The van der Waals surface area contributed by atoms with Gasteiger partial charge in [0.05, 0.1) is 6.42 Å². The van der Waals surface area contributed by atoms with E-state index in [1.165, 1.54) is 0 Å². The first kappa shape index (κ1) is 9.37. The molecule has 0 amide bonds. The van der Waals surface area contributed by atoms with Crippen molar-refractivity contribution in [3.8, 4) is 0 Å². The summed E-state index contributed by atoms with van der Waals surface area (Å²) in [7, 11) is 0. The molecule has 0 bridgehead atoms. The van der Waals surface area contributed by atoms with Crippen LogP contribution in [0.2, 0.25) is 0 Å². The molecule has 0 spiro atoms. The second kappa shape index (κ2) is 2.83. The van der Waals surface area contributed by atoms with Crippen molar-refractivity contribution < 1.29 is 14.3 Å². The van der Waals surface area contributed by atoms with Crippen molar-refractivity contribution in [2.45, 2.75) is 45.1 Å². The molecule has 15 heavy (non-hydrogen) atoms. The fraction of sp³-hybridized carbons (Fsp3) is 0.833. The highest BCUT2D eigenvalue weighted by Gasteiger charge is 2.56. The average Bonchev–Trinajstić information content (AvgIpc) is 2.67. The monoisotopic (exact) mass is 208 g/mol. The van der Waals surface area contributed by atoms with Crippen LogP contribution < -0.4 is 0 Å². The molecule has 0 unspecified atom stereocenters. The number of fused-ring (bicyclic) bond motifs is 3. The molecular weight excluding hydrogens is 192 g/mol. The van der Waals surface area contributed by atoms with Gasteiger partial charge in [0.1, 0.15) is 11.9 Å². The number of carbonyl (C=O) groups excluding carboxylic acids is 2. The number of Topliss-reactive ketones (excluding diaryl/α,β-unsaturated/α-hetero) is 1. The Hall–Kier alpha value is -0.860. The van der Waals surface area contributed by atoms with Crippen molar-refractivity contribution in [2.75, 3.05) is 0 Å². The Balaban J connectivity index is 1.95. The van der Waals surface area contributed by atoms with Gasteiger partial charge in [-0.25, -0.2) is 0 Å². The van der Waals surface area contributed by atoms with E-state index in [2.05, 4.69) is 6.92 Å². The Labute approximate surface area is 89.2 Å². The first-order chi connectivity index (χ1) is 7.10. The quantitative estimate of drug-likeness (QED) is 0.569. The number of ketones is 1. The zero-order valence-corrected chi connectivity index (χ0v) is 8.99. The third-order valence-electron chi connectivity index (χ3n) is 4.63. The van der Waals surface area contributed by atoms with Crippen molar-refractivity contribution >= 4 is 11.8 Å². The van der Waals surface area contributed by atoms with Crippen molar-refractivity contribution in [1.82, 2.24) is 0 Å². The van der Waals surface area contributed by atoms with Gasteiger partial charge in [-0.15, -0.1) is 0 Å². The zero-order valence-electron chi connectivity index (χ0n) is 8.99. The summed E-state index contributed by atoms with van der Waals surface area (Å²) in [5.41, 5.74) is 0.159. The average molecular weight is 208 g/mol. The van der Waals surface area contributed by atoms with Crippen LogP contribution in [0, 0.1) is 17.3 Å². The maximum atomic E-state index is 11.9. The fourth-order valence-electron chi connectivity index (χ4n) is 3.85. The molecule has 1 heterocycles. The van der Waals surface area contributed by atoms with Crippen LogP contribution in [0.1, 0.15) is 39.0 Å². The lowest BCUT2D eigenvalue weighted by atomic mass is 9.63. The molecule has 1 saturated heterocycles. The largest absolute Gasteiger partial charge is 0.462 e. The van der Waals surface area contributed by atoms with Crippen LogP contribution in [0.3, 0.4) is 0 Å². The highest BCUT2D eigenvalue weighted by atomic mass is 16.5. The molecule has 0 aromatic carbocycles. The SMILES string of the molecule is C[C@@]12CCC(=O)[C@@H]1[C@H]1CC(=O)O[C@H]1CC2. The summed E-state index contributed by atoms with van der Waals surface area (Å²) in [6, 6.07) is 0. The fourth-order valence-corrected chi connectivity index (χ4v) is 3.85. The van der Waals surface area contributed by atoms with E-state index in [1.54, 1.807) is 0 Å². The van der Waals surface area contributed by atoms with Gasteiger partial charge >= 0.3 is 5.97 Å². The number of carbonyl (C=O) groups is 2. The second-order valence-corrected chi connectivity index (χ2v) is 5.53. The van der Waals surface area contributed by atoms with Crippen molar-refractivity contribution in [1.29, 1.82) is 0 Å². The Bertz CT molecular complexity index is 336. The molecule has 1 aliphatic heterocycles. The molecule has 82 valence electrons. The van der Waals surface area contributed by atoms with Gasteiger partial charge in [-0.2, -0.15) is 0 Å². The minimum Gasteiger partial charge on any atom is -0.462 e. The molecule has 3 nitrogen and oxygen atoms in total. The van der Waals surface area contributed by atoms with E-state index in [1.807, 2.05) is 0 Å². The molecule has 0 aromatic heterocycles. The van der Waals surface area contributed by atoms with Crippen molar-refractivity contribution in [3.05, 3.63) is 0 Å². The van der Waals surface area contributed by atoms with Crippen LogP contribution >= 0.6 is 0 Å².